The molecule has 1 saturated heterocycles. The minimum absolute atomic E-state index is 0.138. The molecule has 1 aliphatic heterocycles. The Morgan fingerprint density at radius 3 is 2.17 bits per heavy atom. The van der Waals surface area contributed by atoms with Crippen LogP contribution in [0.1, 0.15) is 66.7 Å². The highest BCUT2D eigenvalue weighted by molar-refractivity contribution is 5.85. The van der Waals surface area contributed by atoms with E-state index in [2.05, 4.69) is 5.32 Å². The first-order chi connectivity index (χ1) is 13.3. The zero-order valence-corrected chi connectivity index (χ0v) is 18.7. The number of hydrogen-bond acceptors (Lipinski definition) is 6. The number of ether oxygens (including phenoxy) is 3. The molecule has 2 amide bonds. The molecule has 0 aromatic heterocycles. The van der Waals surface area contributed by atoms with Crippen LogP contribution in [0.3, 0.4) is 0 Å². The van der Waals surface area contributed by atoms with Crippen molar-refractivity contribution >= 4 is 12.0 Å². The van der Waals surface area contributed by atoms with Crippen molar-refractivity contribution in [3.63, 3.8) is 0 Å². The second kappa shape index (κ2) is 9.18. The monoisotopic (exact) mass is 414 g/mol. The van der Waals surface area contributed by atoms with Gasteiger partial charge in [-0.2, -0.15) is 0 Å². The van der Waals surface area contributed by atoms with E-state index in [9.17, 15) is 14.7 Å². The van der Waals surface area contributed by atoms with Gasteiger partial charge in [-0.3, -0.25) is 9.69 Å². The van der Waals surface area contributed by atoms with Crippen LogP contribution >= 0.6 is 0 Å². The van der Waals surface area contributed by atoms with Crippen LogP contribution in [0.2, 0.25) is 0 Å². The third-order valence-electron chi connectivity index (χ3n) is 5.49. The third kappa shape index (κ3) is 6.83. The fraction of sp³-hybridized carbons (Fsp3) is 0.905. The molecule has 0 bridgehead atoms. The Hall–Kier alpha value is -1.38. The standard InChI is InChI=1S/C21H38N2O6/c1-15(2)13-16(23(6)18(25)29-19(3,4)5)17(24)22-14-20(26)7-9-21(10-8-20)27-11-12-28-21/h15-16,26H,7-14H2,1-6H3,(H,22,24)/t16-/m0/s1. The van der Waals surface area contributed by atoms with Crippen LogP contribution in [0.4, 0.5) is 4.79 Å². The van der Waals surface area contributed by atoms with Gasteiger partial charge in [-0.1, -0.05) is 13.8 Å². The van der Waals surface area contributed by atoms with Crippen LogP contribution in [-0.4, -0.2) is 71.8 Å². The molecule has 0 aromatic rings. The van der Waals surface area contributed by atoms with Crippen molar-refractivity contribution in [1.29, 1.82) is 0 Å². The van der Waals surface area contributed by atoms with E-state index >= 15 is 0 Å². The summed E-state index contributed by atoms with van der Waals surface area (Å²) in [7, 11) is 1.58. The van der Waals surface area contributed by atoms with Crippen LogP contribution in [0.25, 0.3) is 0 Å². The molecule has 0 unspecified atom stereocenters. The Bertz CT molecular complexity index is 570. The molecule has 1 saturated carbocycles. The maximum absolute atomic E-state index is 12.9. The van der Waals surface area contributed by atoms with E-state index in [1.165, 1.54) is 4.90 Å². The summed E-state index contributed by atoms with van der Waals surface area (Å²) in [5.74, 6) is -0.632. The first-order valence-electron chi connectivity index (χ1n) is 10.6. The van der Waals surface area contributed by atoms with Gasteiger partial charge < -0.3 is 24.6 Å². The fourth-order valence-electron chi connectivity index (χ4n) is 3.78. The molecule has 1 heterocycles. The Labute approximate surface area is 174 Å². The second-order valence-corrected chi connectivity index (χ2v) is 9.79. The number of carbonyl (C=O) groups is 2. The average molecular weight is 415 g/mol. The van der Waals surface area contributed by atoms with Gasteiger partial charge >= 0.3 is 6.09 Å². The number of nitrogens with one attached hydrogen (secondary N) is 1. The summed E-state index contributed by atoms with van der Waals surface area (Å²) in [5, 5.41) is 13.8. The number of rotatable bonds is 6. The SMILES string of the molecule is CC(C)C[C@@H](C(=O)NCC1(O)CCC2(CC1)OCCO2)N(C)C(=O)OC(C)(C)C. The third-order valence-corrected chi connectivity index (χ3v) is 5.49. The van der Waals surface area contributed by atoms with Crippen LogP contribution < -0.4 is 5.32 Å². The van der Waals surface area contributed by atoms with Crippen LogP contribution in [-0.2, 0) is 19.0 Å². The van der Waals surface area contributed by atoms with Crippen molar-refractivity contribution in [3.8, 4) is 0 Å². The number of amides is 2. The van der Waals surface area contributed by atoms with E-state index in [4.69, 9.17) is 14.2 Å². The Morgan fingerprint density at radius 2 is 1.69 bits per heavy atom. The van der Waals surface area contributed by atoms with Crippen LogP contribution in [0.5, 0.6) is 0 Å². The summed E-state index contributed by atoms with van der Waals surface area (Å²) < 4.78 is 16.8. The Kier molecular flexibility index (Phi) is 7.57. The number of nitrogens with zero attached hydrogens (tertiary/aromatic N) is 1. The van der Waals surface area contributed by atoms with Gasteiger partial charge in [0.05, 0.1) is 18.8 Å². The molecule has 2 N–H and O–H groups in total. The van der Waals surface area contributed by atoms with Crippen molar-refractivity contribution in [2.75, 3.05) is 26.8 Å². The number of likely N-dealkylation sites (N-methyl/N-ethyl adjacent to an activating group) is 1. The van der Waals surface area contributed by atoms with Gasteiger partial charge in [0.2, 0.25) is 5.91 Å². The quantitative estimate of drug-likeness (QED) is 0.693. The molecular formula is C21H38N2O6. The molecule has 0 radical (unpaired) electrons. The lowest BCUT2D eigenvalue weighted by atomic mass is 9.81. The van der Waals surface area contributed by atoms with Crippen molar-refractivity contribution in [1.82, 2.24) is 10.2 Å². The zero-order valence-electron chi connectivity index (χ0n) is 18.7. The molecule has 0 aromatic carbocycles. The smallest absolute Gasteiger partial charge is 0.410 e. The minimum atomic E-state index is -0.997. The first kappa shape index (κ1) is 23.9. The highest BCUT2D eigenvalue weighted by Gasteiger charge is 2.45. The lowest BCUT2D eigenvalue weighted by Crippen LogP contribution is -2.54. The molecular weight excluding hydrogens is 376 g/mol. The van der Waals surface area contributed by atoms with Gasteiger partial charge in [0.15, 0.2) is 5.79 Å². The average Bonchev–Trinajstić information content (AvgIpc) is 3.07. The summed E-state index contributed by atoms with van der Waals surface area (Å²) >= 11 is 0. The summed E-state index contributed by atoms with van der Waals surface area (Å²) in [6.07, 6.45) is 2.16. The molecule has 2 aliphatic rings. The highest BCUT2D eigenvalue weighted by atomic mass is 16.7. The Balaban J connectivity index is 1.94. The number of carbonyl (C=O) groups excluding carboxylic acids is 2. The van der Waals surface area contributed by atoms with Gasteiger partial charge in [0.25, 0.3) is 0 Å². The number of aliphatic hydroxyl groups is 1. The zero-order chi connectivity index (χ0) is 21.9. The molecule has 29 heavy (non-hydrogen) atoms. The van der Waals surface area contributed by atoms with E-state index in [1.807, 2.05) is 13.8 Å². The van der Waals surface area contributed by atoms with Crippen molar-refractivity contribution in [2.45, 2.75) is 89.8 Å². The van der Waals surface area contributed by atoms with E-state index in [-0.39, 0.29) is 18.4 Å². The summed E-state index contributed by atoms with van der Waals surface area (Å²) in [6.45, 7) is 10.7. The molecule has 2 rings (SSSR count). The van der Waals surface area contributed by atoms with E-state index < -0.39 is 29.1 Å². The maximum Gasteiger partial charge on any atom is 0.410 e. The molecule has 8 heteroatoms. The van der Waals surface area contributed by atoms with Gasteiger partial charge in [-0.05, 0) is 46.0 Å². The summed E-state index contributed by atoms with van der Waals surface area (Å²) in [5.41, 5.74) is -1.63. The molecule has 8 nitrogen and oxygen atoms in total. The summed E-state index contributed by atoms with van der Waals surface area (Å²) in [6, 6.07) is -0.662. The summed E-state index contributed by atoms with van der Waals surface area (Å²) in [4.78, 5) is 26.7. The molecule has 1 atom stereocenters. The largest absolute Gasteiger partial charge is 0.444 e. The van der Waals surface area contributed by atoms with Crippen molar-refractivity contribution in [2.24, 2.45) is 5.92 Å². The van der Waals surface area contributed by atoms with Crippen molar-refractivity contribution < 1.29 is 28.9 Å². The number of hydrogen-bond donors (Lipinski definition) is 2. The molecule has 168 valence electrons. The normalized spacial score (nSPS) is 21.8. The van der Waals surface area contributed by atoms with E-state index in [0.29, 0.717) is 45.3 Å². The molecule has 1 spiro atoms. The van der Waals surface area contributed by atoms with Gasteiger partial charge in [-0.15, -0.1) is 0 Å². The minimum Gasteiger partial charge on any atom is -0.444 e. The topological polar surface area (TPSA) is 97.3 Å². The highest BCUT2D eigenvalue weighted by Crippen LogP contribution is 2.40. The van der Waals surface area contributed by atoms with Gasteiger partial charge in [0, 0.05) is 26.4 Å². The second-order valence-electron chi connectivity index (χ2n) is 9.79. The van der Waals surface area contributed by atoms with Gasteiger partial charge in [0.1, 0.15) is 11.6 Å². The maximum atomic E-state index is 12.9. The first-order valence-corrected chi connectivity index (χ1v) is 10.6. The predicted molar refractivity (Wildman–Crippen MR) is 108 cm³/mol. The lowest BCUT2D eigenvalue weighted by molar-refractivity contribution is -0.201. The fourth-order valence-corrected chi connectivity index (χ4v) is 3.78. The van der Waals surface area contributed by atoms with Crippen molar-refractivity contribution in [3.05, 3.63) is 0 Å². The van der Waals surface area contributed by atoms with E-state index in [0.717, 1.165) is 0 Å². The van der Waals surface area contributed by atoms with Crippen LogP contribution in [0, 0.1) is 5.92 Å². The van der Waals surface area contributed by atoms with E-state index in [1.54, 1.807) is 27.8 Å². The van der Waals surface area contributed by atoms with Crippen LogP contribution in [0.15, 0.2) is 0 Å². The predicted octanol–water partition coefficient (Wildman–Crippen LogP) is 2.43. The van der Waals surface area contributed by atoms with Gasteiger partial charge in [-0.25, -0.2) is 4.79 Å². The lowest BCUT2D eigenvalue weighted by Gasteiger charge is -2.41. The Morgan fingerprint density at radius 1 is 1.14 bits per heavy atom. The molecule has 2 fully saturated rings. The molecule has 1 aliphatic carbocycles.